The van der Waals surface area contributed by atoms with Gasteiger partial charge < -0.3 is 15.5 Å². The highest BCUT2D eigenvalue weighted by Crippen LogP contribution is 2.29. The van der Waals surface area contributed by atoms with Crippen molar-refractivity contribution in [1.29, 1.82) is 0 Å². The summed E-state index contributed by atoms with van der Waals surface area (Å²) in [5, 5.41) is 10.7. The molecule has 1 heterocycles. The average molecular weight is 250 g/mol. The largest absolute Gasteiger partial charge is 0.393 e. The number of anilines is 2. The number of nitrogens with zero attached hydrogens (tertiary/aromatic N) is 3. The van der Waals surface area contributed by atoms with Gasteiger partial charge in [0.2, 0.25) is 0 Å². The Morgan fingerprint density at radius 2 is 2.22 bits per heavy atom. The zero-order valence-corrected chi connectivity index (χ0v) is 10.7. The first-order valence-electron chi connectivity index (χ1n) is 5.94. The maximum absolute atomic E-state index is 10.7. The van der Waals surface area contributed by atoms with E-state index in [4.69, 9.17) is 5.73 Å². The Labute approximate surface area is 106 Å². The van der Waals surface area contributed by atoms with E-state index in [0.29, 0.717) is 6.04 Å². The molecule has 0 amide bonds. The summed E-state index contributed by atoms with van der Waals surface area (Å²) in [5.74, 6) is 0. The van der Waals surface area contributed by atoms with Crippen LogP contribution in [-0.4, -0.2) is 43.0 Å². The predicted molar refractivity (Wildman–Crippen MR) is 71.8 cm³/mol. The number of rotatable bonds is 3. The topological polar surface area (TPSA) is 75.6 Å². The highest BCUT2D eigenvalue weighted by atomic mass is 16.6. The van der Waals surface area contributed by atoms with Gasteiger partial charge in [0.25, 0.3) is 5.69 Å². The van der Waals surface area contributed by atoms with Crippen LogP contribution in [0.1, 0.15) is 6.42 Å². The molecule has 0 radical (unpaired) electrons. The maximum atomic E-state index is 10.7. The minimum absolute atomic E-state index is 0.0258. The van der Waals surface area contributed by atoms with E-state index in [1.165, 1.54) is 6.07 Å². The second-order valence-electron chi connectivity index (χ2n) is 4.85. The molecule has 0 spiro atoms. The van der Waals surface area contributed by atoms with Crippen LogP contribution in [-0.2, 0) is 0 Å². The summed E-state index contributed by atoms with van der Waals surface area (Å²) in [6.07, 6.45) is 1.10. The molecule has 0 bridgehead atoms. The van der Waals surface area contributed by atoms with Crippen LogP contribution in [0.5, 0.6) is 0 Å². The van der Waals surface area contributed by atoms with Gasteiger partial charge in [-0.15, -0.1) is 0 Å². The lowest BCUT2D eigenvalue weighted by Crippen LogP contribution is -2.31. The van der Waals surface area contributed by atoms with Crippen LogP contribution < -0.4 is 10.6 Å². The summed E-state index contributed by atoms with van der Waals surface area (Å²) >= 11 is 0. The van der Waals surface area contributed by atoms with E-state index in [0.717, 1.165) is 25.2 Å². The second-order valence-corrected chi connectivity index (χ2v) is 4.85. The molecular formula is C12H18N4O2. The van der Waals surface area contributed by atoms with Gasteiger partial charge in [-0.2, -0.15) is 0 Å². The zero-order chi connectivity index (χ0) is 13.3. The summed E-state index contributed by atoms with van der Waals surface area (Å²) in [4.78, 5) is 14.7. The van der Waals surface area contributed by atoms with E-state index >= 15 is 0 Å². The van der Waals surface area contributed by atoms with Crippen LogP contribution in [0.3, 0.4) is 0 Å². The molecule has 1 atom stereocenters. The molecule has 6 nitrogen and oxygen atoms in total. The van der Waals surface area contributed by atoms with E-state index in [1.54, 1.807) is 12.1 Å². The third kappa shape index (κ3) is 2.38. The fraction of sp³-hybridized carbons (Fsp3) is 0.500. The predicted octanol–water partition coefficient (Wildman–Crippen LogP) is 1.32. The number of nitro groups is 1. The fourth-order valence-corrected chi connectivity index (χ4v) is 2.30. The minimum atomic E-state index is -0.453. The molecule has 98 valence electrons. The Bertz CT molecular complexity index is 461. The van der Waals surface area contributed by atoms with Crippen LogP contribution in [0, 0.1) is 10.1 Å². The standard InChI is InChI=1S/C12H18N4O2/c1-14(2)10-5-6-15(8-10)9-3-4-12(16(17)18)11(13)7-9/h3-4,7,10H,5-6,8,13H2,1-2H3/t10-/m0/s1. The fourth-order valence-electron chi connectivity index (χ4n) is 2.30. The molecule has 1 aliphatic heterocycles. The summed E-state index contributed by atoms with van der Waals surface area (Å²) in [6, 6.07) is 5.47. The molecule has 0 aliphatic carbocycles. The van der Waals surface area contributed by atoms with Crippen molar-refractivity contribution in [2.75, 3.05) is 37.8 Å². The SMILES string of the molecule is CN(C)[C@H]1CCN(c2ccc([N+](=O)[O-])c(N)c2)C1. The first kappa shape index (κ1) is 12.6. The molecule has 2 rings (SSSR count). The molecule has 1 aliphatic rings. The molecule has 0 unspecified atom stereocenters. The lowest BCUT2D eigenvalue weighted by Gasteiger charge is -2.22. The lowest BCUT2D eigenvalue weighted by atomic mass is 10.2. The molecule has 0 aromatic heterocycles. The number of benzene rings is 1. The van der Waals surface area contributed by atoms with Gasteiger partial charge in [0.1, 0.15) is 5.69 Å². The van der Waals surface area contributed by atoms with Gasteiger partial charge in [-0.1, -0.05) is 0 Å². The molecule has 6 heteroatoms. The van der Waals surface area contributed by atoms with Crippen LogP contribution in [0.4, 0.5) is 17.1 Å². The number of likely N-dealkylation sites (N-methyl/N-ethyl adjacent to an activating group) is 1. The van der Waals surface area contributed by atoms with E-state index in [1.807, 2.05) is 0 Å². The molecule has 1 fully saturated rings. The Morgan fingerprint density at radius 1 is 1.50 bits per heavy atom. The van der Waals surface area contributed by atoms with Crippen molar-refractivity contribution in [2.45, 2.75) is 12.5 Å². The van der Waals surface area contributed by atoms with Crippen LogP contribution in [0.2, 0.25) is 0 Å². The average Bonchev–Trinajstić information content (AvgIpc) is 2.77. The van der Waals surface area contributed by atoms with Crippen molar-refractivity contribution in [2.24, 2.45) is 0 Å². The lowest BCUT2D eigenvalue weighted by molar-refractivity contribution is -0.383. The van der Waals surface area contributed by atoms with Crippen LogP contribution >= 0.6 is 0 Å². The van der Waals surface area contributed by atoms with Gasteiger partial charge in [-0.25, -0.2) is 0 Å². The van der Waals surface area contributed by atoms with Crippen LogP contribution in [0.25, 0.3) is 0 Å². The number of hydrogen-bond donors (Lipinski definition) is 1. The van der Waals surface area contributed by atoms with Gasteiger partial charge in [0, 0.05) is 30.9 Å². The van der Waals surface area contributed by atoms with E-state index in [9.17, 15) is 10.1 Å². The smallest absolute Gasteiger partial charge is 0.292 e. The highest BCUT2D eigenvalue weighted by Gasteiger charge is 2.25. The molecule has 1 saturated heterocycles. The Kier molecular flexibility index (Phi) is 3.38. The normalized spacial score (nSPS) is 19.5. The van der Waals surface area contributed by atoms with Gasteiger partial charge in [-0.05, 0) is 32.6 Å². The summed E-state index contributed by atoms with van der Waals surface area (Å²) in [6.45, 7) is 1.89. The van der Waals surface area contributed by atoms with E-state index in [2.05, 4.69) is 23.9 Å². The minimum Gasteiger partial charge on any atom is -0.393 e. The molecule has 18 heavy (non-hydrogen) atoms. The Morgan fingerprint density at radius 3 is 2.72 bits per heavy atom. The number of nitro benzene ring substituents is 1. The summed E-state index contributed by atoms with van der Waals surface area (Å²) in [5.41, 5.74) is 6.87. The van der Waals surface area contributed by atoms with Crippen molar-refractivity contribution in [3.63, 3.8) is 0 Å². The van der Waals surface area contributed by atoms with Gasteiger partial charge in [-0.3, -0.25) is 10.1 Å². The maximum Gasteiger partial charge on any atom is 0.292 e. The summed E-state index contributed by atoms with van der Waals surface area (Å²) < 4.78 is 0. The third-order valence-corrected chi connectivity index (χ3v) is 3.47. The zero-order valence-electron chi connectivity index (χ0n) is 10.7. The van der Waals surface area contributed by atoms with Crippen molar-refractivity contribution in [1.82, 2.24) is 4.90 Å². The first-order chi connectivity index (χ1) is 8.49. The van der Waals surface area contributed by atoms with Crippen LogP contribution in [0.15, 0.2) is 18.2 Å². The van der Waals surface area contributed by atoms with Gasteiger partial charge in [0.05, 0.1) is 4.92 Å². The molecule has 2 N–H and O–H groups in total. The van der Waals surface area contributed by atoms with E-state index in [-0.39, 0.29) is 11.4 Å². The van der Waals surface area contributed by atoms with Crippen molar-refractivity contribution in [3.8, 4) is 0 Å². The molecular weight excluding hydrogens is 232 g/mol. The molecule has 1 aromatic rings. The van der Waals surface area contributed by atoms with Gasteiger partial charge >= 0.3 is 0 Å². The number of nitrogens with two attached hydrogens (primary N) is 1. The Hall–Kier alpha value is -1.82. The third-order valence-electron chi connectivity index (χ3n) is 3.47. The number of hydrogen-bond acceptors (Lipinski definition) is 5. The molecule has 1 aromatic carbocycles. The van der Waals surface area contributed by atoms with Crippen molar-refractivity contribution < 1.29 is 4.92 Å². The van der Waals surface area contributed by atoms with Gasteiger partial charge in [0.15, 0.2) is 0 Å². The van der Waals surface area contributed by atoms with E-state index < -0.39 is 4.92 Å². The molecule has 0 saturated carbocycles. The quantitative estimate of drug-likeness (QED) is 0.497. The summed E-state index contributed by atoms with van der Waals surface area (Å²) in [7, 11) is 4.14. The van der Waals surface area contributed by atoms with Crippen molar-refractivity contribution in [3.05, 3.63) is 28.3 Å². The Balaban J connectivity index is 2.16. The second kappa shape index (κ2) is 4.81. The number of nitrogen functional groups attached to an aromatic ring is 1. The van der Waals surface area contributed by atoms with Crippen molar-refractivity contribution >= 4 is 17.1 Å². The highest BCUT2D eigenvalue weighted by molar-refractivity contribution is 5.66. The first-order valence-corrected chi connectivity index (χ1v) is 5.94. The monoisotopic (exact) mass is 250 g/mol.